The van der Waals surface area contributed by atoms with Crippen LogP contribution in [0.5, 0.6) is 5.75 Å². The van der Waals surface area contributed by atoms with Gasteiger partial charge in [0.1, 0.15) is 22.8 Å². The van der Waals surface area contributed by atoms with Crippen LogP contribution in [0.2, 0.25) is 0 Å². The number of aliphatic hydroxyl groups is 3. The van der Waals surface area contributed by atoms with Gasteiger partial charge >= 0.3 is 0 Å². The molecule has 0 bridgehead atoms. The number of nitrogens with two attached hydrogens (primary N) is 1. The van der Waals surface area contributed by atoms with Crippen molar-refractivity contribution in [3.63, 3.8) is 0 Å². The van der Waals surface area contributed by atoms with Gasteiger partial charge in [0.15, 0.2) is 11.4 Å². The lowest BCUT2D eigenvalue weighted by molar-refractivity contribution is -0.148. The zero-order chi connectivity index (χ0) is 25.4. The van der Waals surface area contributed by atoms with Crippen LogP contribution in [0, 0.1) is 11.8 Å². The summed E-state index contributed by atoms with van der Waals surface area (Å²) in [5, 5.41) is 44.3. The summed E-state index contributed by atoms with van der Waals surface area (Å²) in [4.78, 5) is 40.5. The van der Waals surface area contributed by atoms with Crippen molar-refractivity contribution in [3.8, 4) is 5.75 Å². The van der Waals surface area contributed by atoms with Gasteiger partial charge in [-0.3, -0.25) is 19.3 Å². The summed E-state index contributed by atoms with van der Waals surface area (Å²) in [6, 6.07) is 2.20. The van der Waals surface area contributed by atoms with E-state index < -0.39 is 58.0 Å². The number of likely N-dealkylation sites (N-methyl/N-ethyl adjacent to an activating group) is 1. The molecule has 1 amide bonds. The van der Waals surface area contributed by atoms with E-state index in [1.807, 2.05) is 6.08 Å². The van der Waals surface area contributed by atoms with Gasteiger partial charge in [0.25, 0.3) is 5.91 Å². The molecule has 6 N–H and O–H groups in total. The Balaban J connectivity index is 1.70. The second-order valence-electron chi connectivity index (χ2n) is 10.1. The number of primary amides is 1. The van der Waals surface area contributed by atoms with E-state index in [1.54, 1.807) is 20.2 Å². The first kappa shape index (κ1) is 23.3. The first-order chi connectivity index (χ1) is 16.5. The Labute approximate surface area is 201 Å². The Kier molecular flexibility index (Phi) is 5.19. The van der Waals surface area contributed by atoms with Crippen LogP contribution in [0.15, 0.2) is 40.4 Å². The van der Waals surface area contributed by atoms with Crippen LogP contribution in [0.25, 0.3) is 6.08 Å². The number of Topliss-reactive ketones (excluding diaryl/α,β-unsaturated/α-hetero) is 2. The van der Waals surface area contributed by atoms with Gasteiger partial charge in [0, 0.05) is 11.5 Å². The molecule has 0 radical (unpaired) electrons. The van der Waals surface area contributed by atoms with Crippen LogP contribution in [0.1, 0.15) is 47.2 Å². The number of hydrogen-bond acceptors (Lipinski definition) is 8. The molecule has 0 aromatic heterocycles. The van der Waals surface area contributed by atoms with Gasteiger partial charge < -0.3 is 26.2 Å². The first-order valence-corrected chi connectivity index (χ1v) is 11.7. The van der Waals surface area contributed by atoms with Gasteiger partial charge in [-0.25, -0.2) is 0 Å². The third kappa shape index (κ3) is 3.11. The molecule has 1 fully saturated rings. The van der Waals surface area contributed by atoms with Crippen molar-refractivity contribution in [2.45, 2.75) is 43.7 Å². The Morgan fingerprint density at radius 2 is 1.86 bits per heavy atom. The molecule has 0 aliphatic heterocycles. The Bertz CT molecular complexity index is 1280. The molecule has 0 saturated heterocycles. The van der Waals surface area contributed by atoms with Gasteiger partial charge in [0.2, 0.25) is 5.78 Å². The van der Waals surface area contributed by atoms with E-state index in [2.05, 4.69) is 0 Å². The molecule has 1 aromatic rings. The average Bonchev–Trinajstić information content (AvgIpc) is 2.74. The second-order valence-corrected chi connectivity index (χ2v) is 10.1. The Hall–Kier alpha value is -3.43. The molecular weight excluding hydrogens is 452 g/mol. The van der Waals surface area contributed by atoms with E-state index in [0.29, 0.717) is 12.0 Å². The quantitative estimate of drug-likeness (QED) is 0.408. The van der Waals surface area contributed by atoms with Crippen molar-refractivity contribution in [3.05, 3.63) is 57.1 Å². The number of allylic oxidation sites excluding steroid dienone is 2. The van der Waals surface area contributed by atoms with Gasteiger partial charge in [-0.2, -0.15) is 0 Å². The summed E-state index contributed by atoms with van der Waals surface area (Å²) in [6.45, 7) is 0. The van der Waals surface area contributed by atoms with Crippen molar-refractivity contribution in [1.29, 1.82) is 0 Å². The molecule has 9 nitrogen and oxygen atoms in total. The van der Waals surface area contributed by atoms with Gasteiger partial charge in [-0.1, -0.05) is 17.7 Å². The standard InChI is InChI=1S/C26H28N2O7/c1-28(2)20-15-10-13-9-14-12(8-11-4-3-5-11)6-7-16(29)18(14)21(30)17(13)23(32)26(15,35)24(33)19(22(20)31)25(27)34/h6-8,13,15,20,29,31-32,35H,3-5,9-10H2,1-2H3,(H2,27,34)/t13-,15-,20-,26-/m0/s1. The van der Waals surface area contributed by atoms with Crippen LogP contribution < -0.4 is 5.73 Å². The zero-order valence-corrected chi connectivity index (χ0v) is 19.5. The summed E-state index contributed by atoms with van der Waals surface area (Å²) in [6.07, 6.45) is 5.48. The number of carbonyl (C=O) groups excluding carboxylic acids is 3. The largest absolute Gasteiger partial charge is 0.510 e. The normalized spacial score (nSPS) is 30.1. The van der Waals surface area contributed by atoms with Crippen molar-refractivity contribution < 1.29 is 34.8 Å². The van der Waals surface area contributed by atoms with E-state index in [1.165, 1.54) is 16.5 Å². The molecule has 4 atom stereocenters. The van der Waals surface area contributed by atoms with Crippen LogP contribution in [0.4, 0.5) is 0 Å². The number of rotatable bonds is 3. The van der Waals surface area contributed by atoms with E-state index >= 15 is 0 Å². The molecule has 5 rings (SSSR count). The summed E-state index contributed by atoms with van der Waals surface area (Å²) in [7, 11) is 3.21. The number of benzene rings is 1. The molecule has 4 aliphatic carbocycles. The fourth-order valence-corrected chi connectivity index (χ4v) is 6.16. The highest BCUT2D eigenvalue weighted by Gasteiger charge is 2.63. The fraction of sp³-hybridized carbons (Fsp3) is 0.423. The molecule has 1 aromatic carbocycles. The van der Waals surface area contributed by atoms with E-state index in [0.717, 1.165) is 24.8 Å². The third-order valence-electron chi connectivity index (χ3n) is 8.00. The summed E-state index contributed by atoms with van der Waals surface area (Å²) >= 11 is 0. The molecule has 35 heavy (non-hydrogen) atoms. The van der Waals surface area contributed by atoms with Crippen molar-refractivity contribution in [2.24, 2.45) is 17.6 Å². The number of amides is 1. The third-order valence-corrected chi connectivity index (χ3v) is 8.00. The first-order valence-electron chi connectivity index (χ1n) is 11.7. The number of aromatic hydroxyl groups is 1. The lowest BCUT2D eigenvalue weighted by Gasteiger charge is -2.50. The van der Waals surface area contributed by atoms with Gasteiger partial charge in [-0.15, -0.1) is 0 Å². The molecule has 0 unspecified atom stereocenters. The Morgan fingerprint density at radius 3 is 2.43 bits per heavy atom. The predicted molar refractivity (Wildman–Crippen MR) is 126 cm³/mol. The SMILES string of the molecule is CN(C)[C@@H]1C(O)=C(C(N)=O)C(=O)[C@@]2(O)C(O)=C3C(=O)c4c(O)ccc(C=C5CCC5)c4C[C@H]3C[C@@H]12. The second kappa shape index (κ2) is 7.79. The highest BCUT2D eigenvalue weighted by atomic mass is 16.3. The maximum Gasteiger partial charge on any atom is 0.255 e. The van der Waals surface area contributed by atoms with Crippen LogP contribution >= 0.6 is 0 Å². The number of aliphatic hydroxyl groups excluding tert-OH is 2. The smallest absolute Gasteiger partial charge is 0.255 e. The number of ketones is 2. The average molecular weight is 481 g/mol. The number of fused-ring (bicyclic) bond motifs is 3. The van der Waals surface area contributed by atoms with Crippen LogP contribution in [-0.4, -0.2) is 68.5 Å². The lowest BCUT2D eigenvalue weighted by atomic mass is 9.58. The summed E-state index contributed by atoms with van der Waals surface area (Å²) in [5.41, 5.74) is 4.54. The molecule has 9 heteroatoms. The summed E-state index contributed by atoms with van der Waals surface area (Å²) in [5.74, 6) is -6.40. The number of nitrogens with zero attached hydrogens (tertiary/aromatic N) is 1. The number of phenols is 1. The van der Waals surface area contributed by atoms with Crippen LogP contribution in [0.3, 0.4) is 0 Å². The van der Waals surface area contributed by atoms with Crippen LogP contribution in [-0.2, 0) is 16.0 Å². The number of phenolic OH excluding ortho intramolecular Hbond substituents is 1. The van der Waals surface area contributed by atoms with E-state index in [-0.39, 0.29) is 23.3 Å². The topological polar surface area (TPSA) is 161 Å². The minimum atomic E-state index is -2.62. The molecule has 184 valence electrons. The highest BCUT2D eigenvalue weighted by molar-refractivity contribution is 6.24. The molecular formula is C26H28N2O7. The van der Waals surface area contributed by atoms with E-state index in [4.69, 9.17) is 5.73 Å². The predicted octanol–water partition coefficient (Wildman–Crippen LogP) is 1.69. The van der Waals surface area contributed by atoms with Gasteiger partial charge in [-0.05, 0) is 69.3 Å². The maximum atomic E-state index is 13.6. The number of carbonyl (C=O) groups is 3. The van der Waals surface area contributed by atoms with Crippen molar-refractivity contribution in [1.82, 2.24) is 4.90 Å². The molecule has 0 spiro atoms. The molecule has 0 heterocycles. The molecule has 1 saturated carbocycles. The zero-order valence-electron chi connectivity index (χ0n) is 19.5. The van der Waals surface area contributed by atoms with Crippen molar-refractivity contribution in [2.75, 3.05) is 14.1 Å². The monoisotopic (exact) mass is 480 g/mol. The number of hydrogen-bond donors (Lipinski definition) is 5. The maximum absolute atomic E-state index is 13.6. The Morgan fingerprint density at radius 1 is 1.17 bits per heavy atom. The minimum Gasteiger partial charge on any atom is -0.510 e. The van der Waals surface area contributed by atoms with Gasteiger partial charge in [0.05, 0.1) is 11.6 Å². The van der Waals surface area contributed by atoms with Crippen molar-refractivity contribution >= 4 is 23.5 Å². The van der Waals surface area contributed by atoms with E-state index in [9.17, 15) is 34.8 Å². The highest BCUT2D eigenvalue weighted by Crippen LogP contribution is 2.52. The molecule has 4 aliphatic rings. The fourth-order valence-electron chi connectivity index (χ4n) is 6.16. The summed E-state index contributed by atoms with van der Waals surface area (Å²) < 4.78 is 0. The lowest BCUT2D eigenvalue weighted by Crippen LogP contribution is -2.63. The minimum absolute atomic E-state index is 0.0412.